The van der Waals surface area contributed by atoms with Crippen molar-refractivity contribution in [1.82, 2.24) is 10.3 Å². The number of hydrogen-bond donors (Lipinski definition) is 2. The minimum atomic E-state index is -0.107. The van der Waals surface area contributed by atoms with Crippen molar-refractivity contribution in [3.63, 3.8) is 0 Å². The summed E-state index contributed by atoms with van der Waals surface area (Å²) in [7, 11) is 1.73. The Bertz CT molecular complexity index is 670. The number of anilines is 1. The number of rotatable bonds is 4. The summed E-state index contributed by atoms with van der Waals surface area (Å²) in [4.78, 5) is 16.1. The molecule has 3 rings (SSSR count). The van der Waals surface area contributed by atoms with Crippen LogP contribution in [0.25, 0.3) is 11.3 Å². The standard InChI is InChI=1S/C16H17N3O2/c1-17-10-16(20)19-15-4-2-3-13(18-15)11-5-6-14-12(9-11)7-8-21-14/h2-6,9,17H,7-8,10H2,1H3,(H,18,19,20). The quantitative estimate of drug-likeness (QED) is 0.898. The van der Waals surface area contributed by atoms with Crippen LogP contribution < -0.4 is 15.4 Å². The molecule has 0 aliphatic carbocycles. The molecule has 0 unspecified atom stereocenters. The van der Waals surface area contributed by atoms with Gasteiger partial charge in [0.15, 0.2) is 0 Å². The number of likely N-dealkylation sites (N-methyl/N-ethyl adjacent to an activating group) is 1. The first kappa shape index (κ1) is 13.6. The summed E-state index contributed by atoms with van der Waals surface area (Å²) in [6.07, 6.45) is 0.932. The number of nitrogens with zero attached hydrogens (tertiary/aromatic N) is 1. The number of nitrogens with one attached hydrogen (secondary N) is 2. The Morgan fingerprint density at radius 2 is 2.24 bits per heavy atom. The fourth-order valence-corrected chi connectivity index (χ4v) is 2.36. The van der Waals surface area contributed by atoms with Gasteiger partial charge in [-0.2, -0.15) is 0 Å². The van der Waals surface area contributed by atoms with Gasteiger partial charge in [-0.25, -0.2) is 4.98 Å². The monoisotopic (exact) mass is 283 g/mol. The van der Waals surface area contributed by atoms with E-state index in [-0.39, 0.29) is 12.5 Å². The van der Waals surface area contributed by atoms with Crippen LogP contribution in [-0.2, 0) is 11.2 Å². The molecule has 21 heavy (non-hydrogen) atoms. The number of benzene rings is 1. The highest BCUT2D eigenvalue weighted by molar-refractivity contribution is 5.91. The van der Waals surface area contributed by atoms with E-state index in [2.05, 4.69) is 21.7 Å². The predicted molar refractivity (Wildman–Crippen MR) is 81.4 cm³/mol. The van der Waals surface area contributed by atoms with E-state index >= 15 is 0 Å². The lowest BCUT2D eigenvalue weighted by atomic mass is 10.1. The Hall–Kier alpha value is -2.40. The van der Waals surface area contributed by atoms with Gasteiger partial charge >= 0.3 is 0 Å². The van der Waals surface area contributed by atoms with E-state index in [0.29, 0.717) is 5.82 Å². The van der Waals surface area contributed by atoms with Crippen LogP contribution in [-0.4, -0.2) is 31.1 Å². The molecule has 0 fully saturated rings. The van der Waals surface area contributed by atoms with Crippen molar-refractivity contribution in [1.29, 1.82) is 0 Å². The average molecular weight is 283 g/mol. The zero-order chi connectivity index (χ0) is 14.7. The van der Waals surface area contributed by atoms with E-state index < -0.39 is 0 Å². The van der Waals surface area contributed by atoms with Gasteiger partial charge < -0.3 is 15.4 Å². The summed E-state index contributed by atoms with van der Waals surface area (Å²) in [5.41, 5.74) is 3.08. The van der Waals surface area contributed by atoms with Gasteiger partial charge in [0, 0.05) is 12.0 Å². The second-order valence-electron chi connectivity index (χ2n) is 4.91. The summed E-state index contributed by atoms with van der Waals surface area (Å²) >= 11 is 0. The molecule has 1 aromatic carbocycles. The Morgan fingerprint density at radius 3 is 3.10 bits per heavy atom. The minimum absolute atomic E-state index is 0.107. The van der Waals surface area contributed by atoms with Crippen LogP contribution in [0, 0.1) is 0 Å². The second-order valence-corrected chi connectivity index (χ2v) is 4.91. The maximum Gasteiger partial charge on any atom is 0.239 e. The molecule has 0 saturated heterocycles. The molecule has 0 atom stereocenters. The predicted octanol–water partition coefficient (Wildman–Crippen LogP) is 1.84. The van der Waals surface area contributed by atoms with Gasteiger partial charge in [-0.05, 0) is 42.9 Å². The summed E-state index contributed by atoms with van der Waals surface area (Å²) in [5.74, 6) is 1.41. The molecule has 0 spiro atoms. The molecule has 0 bridgehead atoms. The first-order valence-electron chi connectivity index (χ1n) is 6.94. The van der Waals surface area contributed by atoms with E-state index in [9.17, 15) is 4.79 Å². The van der Waals surface area contributed by atoms with Crippen LogP contribution >= 0.6 is 0 Å². The van der Waals surface area contributed by atoms with E-state index in [1.807, 2.05) is 24.3 Å². The lowest BCUT2D eigenvalue weighted by Crippen LogP contribution is -2.25. The number of pyridine rings is 1. The van der Waals surface area contributed by atoms with Crippen molar-refractivity contribution in [2.75, 3.05) is 25.5 Å². The zero-order valence-electron chi connectivity index (χ0n) is 11.8. The number of carbonyl (C=O) groups excluding carboxylic acids is 1. The molecule has 108 valence electrons. The molecule has 0 saturated carbocycles. The van der Waals surface area contributed by atoms with Crippen molar-refractivity contribution < 1.29 is 9.53 Å². The van der Waals surface area contributed by atoms with Gasteiger partial charge in [-0.15, -0.1) is 0 Å². The topological polar surface area (TPSA) is 63.2 Å². The summed E-state index contributed by atoms with van der Waals surface area (Å²) in [6, 6.07) is 11.7. The Balaban J connectivity index is 1.84. The van der Waals surface area contributed by atoms with Crippen molar-refractivity contribution in [3.8, 4) is 17.0 Å². The molecule has 2 aromatic rings. The van der Waals surface area contributed by atoms with Crippen LogP contribution in [0.15, 0.2) is 36.4 Å². The lowest BCUT2D eigenvalue weighted by molar-refractivity contribution is -0.115. The summed E-state index contributed by atoms with van der Waals surface area (Å²) in [6.45, 7) is 1.01. The molecular formula is C16H17N3O2. The minimum Gasteiger partial charge on any atom is -0.493 e. The third kappa shape index (κ3) is 3.03. The fraction of sp³-hybridized carbons (Fsp3) is 0.250. The molecule has 1 aromatic heterocycles. The largest absolute Gasteiger partial charge is 0.493 e. The Morgan fingerprint density at radius 1 is 1.33 bits per heavy atom. The average Bonchev–Trinajstić information content (AvgIpc) is 2.95. The normalized spacial score (nSPS) is 12.6. The van der Waals surface area contributed by atoms with Gasteiger partial charge in [-0.3, -0.25) is 4.79 Å². The molecule has 5 nitrogen and oxygen atoms in total. The number of carbonyl (C=O) groups is 1. The second kappa shape index (κ2) is 5.93. The third-order valence-electron chi connectivity index (χ3n) is 3.34. The number of fused-ring (bicyclic) bond motifs is 1. The molecule has 1 aliphatic rings. The number of amides is 1. The van der Waals surface area contributed by atoms with Gasteiger partial charge in [0.25, 0.3) is 0 Å². The molecule has 2 N–H and O–H groups in total. The van der Waals surface area contributed by atoms with Gasteiger partial charge in [0.05, 0.1) is 18.8 Å². The van der Waals surface area contributed by atoms with Crippen molar-refractivity contribution in [3.05, 3.63) is 42.0 Å². The van der Waals surface area contributed by atoms with Gasteiger partial charge in [-0.1, -0.05) is 6.07 Å². The van der Waals surface area contributed by atoms with E-state index in [4.69, 9.17) is 4.74 Å². The van der Waals surface area contributed by atoms with E-state index in [1.165, 1.54) is 5.56 Å². The zero-order valence-corrected chi connectivity index (χ0v) is 11.8. The van der Waals surface area contributed by atoms with Crippen LogP contribution in [0.1, 0.15) is 5.56 Å². The number of ether oxygens (including phenoxy) is 1. The molecule has 0 radical (unpaired) electrons. The van der Waals surface area contributed by atoms with Crippen molar-refractivity contribution >= 4 is 11.7 Å². The van der Waals surface area contributed by atoms with Crippen LogP contribution in [0.4, 0.5) is 5.82 Å². The van der Waals surface area contributed by atoms with Crippen molar-refractivity contribution in [2.45, 2.75) is 6.42 Å². The maximum atomic E-state index is 11.6. The highest BCUT2D eigenvalue weighted by atomic mass is 16.5. The van der Waals surface area contributed by atoms with E-state index in [1.54, 1.807) is 13.1 Å². The Kier molecular flexibility index (Phi) is 3.83. The van der Waals surface area contributed by atoms with E-state index in [0.717, 1.165) is 30.0 Å². The molecule has 2 heterocycles. The highest BCUT2D eigenvalue weighted by Crippen LogP contribution is 2.30. The summed E-state index contributed by atoms with van der Waals surface area (Å²) < 4.78 is 5.51. The highest BCUT2D eigenvalue weighted by Gasteiger charge is 2.13. The summed E-state index contributed by atoms with van der Waals surface area (Å²) in [5, 5.41) is 5.58. The molecule has 1 amide bonds. The lowest BCUT2D eigenvalue weighted by Gasteiger charge is -2.07. The smallest absolute Gasteiger partial charge is 0.239 e. The van der Waals surface area contributed by atoms with Crippen LogP contribution in [0.2, 0.25) is 0 Å². The molecule has 1 aliphatic heterocycles. The van der Waals surface area contributed by atoms with Crippen molar-refractivity contribution in [2.24, 2.45) is 0 Å². The molecular weight excluding hydrogens is 266 g/mol. The Labute approximate surface area is 123 Å². The number of aromatic nitrogens is 1. The van der Waals surface area contributed by atoms with Crippen LogP contribution in [0.5, 0.6) is 5.75 Å². The maximum absolute atomic E-state index is 11.6. The SMILES string of the molecule is CNCC(=O)Nc1cccc(-c2ccc3c(c2)CCO3)n1. The fourth-order valence-electron chi connectivity index (χ4n) is 2.36. The first-order valence-corrected chi connectivity index (χ1v) is 6.94. The van der Waals surface area contributed by atoms with Gasteiger partial charge in [0.2, 0.25) is 5.91 Å². The third-order valence-corrected chi connectivity index (χ3v) is 3.34. The number of hydrogen-bond acceptors (Lipinski definition) is 4. The van der Waals surface area contributed by atoms with Crippen LogP contribution in [0.3, 0.4) is 0 Å². The first-order chi connectivity index (χ1) is 10.3. The molecule has 5 heteroatoms. The van der Waals surface area contributed by atoms with Gasteiger partial charge in [0.1, 0.15) is 11.6 Å².